The molecule has 1 aromatic heterocycles. The summed E-state index contributed by atoms with van der Waals surface area (Å²) in [5.74, 6) is 0.624. The molecule has 2 aliphatic heterocycles. The summed E-state index contributed by atoms with van der Waals surface area (Å²) in [6, 6.07) is 4.52. The Morgan fingerprint density at radius 2 is 2.10 bits per heavy atom. The van der Waals surface area contributed by atoms with Crippen molar-refractivity contribution in [2.75, 3.05) is 26.3 Å². The summed E-state index contributed by atoms with van der Waals surface area (Å²) in [6.07, 6.45) is 4.22. The number of aromatic nitrogens is 2. The first-order valence-electron chi connectivity index (χ1n) is 7.71. The van der Waals surface area contributed by atoms with Gasteiger partial charge in [0, 0.05) is 10.8 Å². The Morgan fingerprint density at radius 3 is 2.76 bits per heavy atom. The zero-order chi connectivity index (χ0) is 14.4. The Morgan fingerprint density at radius 1 is 1.33 bits per heavy atom. The molecule has 3 heterocycles. The molecule has 0 atom stereocenters. The van der Waals surface area contributed by atoms with E-state index in [4.69, 9.17) is 12.6 Å². The highest BCUT2D eigenvalue weighted by molar-refractivity contribution is 6.16. The summed E-state index contributed by atoms with van der Waals surface area (Å²) in [5.41, 5.74) is 3.77. The van der Waals surface area contributed by atoms with Crippen molar-refractivity contribution in [3.8, 4) is 0 Å². The molecule has 2 radical (unpaired) electrons. The fourth-order valence-electron chi connectivity index (χ4n) is 3.69. The zero-order valence-corrected chi connectivity index (χ0v) is 12.4. The molecule has 0 unspecified atom stereocenters. The van der Waals surface area contributed by atoms with Crippen molar-refractivity contribution in [1.82, 2.24) is 15.1 Å². The molecule has 0 saturated carbocycles. The van der Waals surface area contributed by atoms with Gasteiger partial charge in [0.2, 0.25) is 0 Å². The van der Waals surface area contributed by atoms with Gasteiger partial charge in [-0.1, -0.05) is 0 Å². The third-order valence-electron chi connectivity index (χ3n) is 5.10. The molecule has 0 bridgehead atoms. The normalized spacial score (nSPS) is 23.3. The first kappa shape index (κ1) is 13.3. The van der Waals surface area contributed by atoms with Crippen LogP contribution in [0.25, 0.3) is 10.9 Å². The van der Waals surface area contributed by atoms with E-state index >= 15 is 0 Å². The molecule has 2 aromatic rings. The second-order valence-corrected chi connectivity index (χ2v) is 6.52. The minimum Gasteiger partial charge on any atom is -0.379 e. The number of hydrogen-bond donors (Lipinski definition) is 1. The lowest BCUT2D eigenvalue weighted by Crippen LogP contribution is -2.64. The van der Waals surface area contributed by atoms with Gasteiger partial charge < -0.3 is 9.64 Å². The number of likely N-dealkylation sites (tertiary alicyclic amines) is 1. The summed E-state index contributed by atoms with van der Waals surface area (Å²) in [6.45, 7) is 5.68. The number of benzene rings is 1. The third kappa shape index (κ3) is 2.19. The molecule has 1 aromatic carbocycles. The van der Waals surface area contributed by atoms with Crippen LogP contribution in [0.4, 0.5) is 0 Å². The van der Waals surface area contributed by atoms with Crippen molar-refractivity contribution in [1.29, 1.82) is 0 Å². The maximum Gasteiger partial charge on any atom is 0.102 e. The molecule has 4 rings (SSSR count). The number of fused-ring (bicyclic) bond motifs is 1. The maximum absolute atomic E-state index is 6.34. The van der Waals surface area contributed by atoms with E-state index < -0.39 is 0 Å². The van der Waals surface area contributed by atoms with E-state index in [2.05, 4.69) is 34.2 Å². The van der Waals surface area contributed by atoms with Crippen LogP contribution in [0.15, 0.2) is 18.3 Å². The second kappa shape index (κ2) is 4.85. The van der Waals surface area contributed by atoms with Crippen molar-refractivity contribution < 1.29 is 4.74 Å². The molecule has 108 valence electrons. The fourth-order valence-corrected chi connectivity index (χ4v) is 3.69. The fraction of sp³-hybridized carbons (Fsp3) is 0.562. The highest BCUT2D eigenvalue weighted by Crippen LogP contribution is 2.35. The van der Waals surface area contributed by atoms with Crippen molar-refractivity contribution >= 4 is 18.7 Å². The third-order valence-corrected chi connectivity index (χ3v) is 5.10. The summed E-state index contributed by atoms with van der Waals surface area (Å²) in [7, 11) is 6.34. The lowest BCUT2D eigenvalue weighted by molar-refractivity contribution is -0.0983. The lowest BCUT2D eigenvalue weighted by atomic mass is 9.72. The van der Waals surface area contributed by atoms with Crippen LogP contribution in [0.1, 0.15) is 29.9 Å². The van der Waals surface area contributed by atoms with Gasteiger partial charge in [-0.05, 0) is 62.0 Å². The number of ether oxygens (including phenoxy) is 1. The van der Waals surface area contributed by atoms with E-state index in [0.717, 1.165) is 18.6 Å². The van der Waals surface area contributed by atoms with Gasteiger partial charge >= 0.3 is 0 Å². The average molecular weight is 281 g/mol. The predicted octanol–water partition coefficient (Wildman–Crippen LogP) is 1.95. The van der Waals surface area contributed by atoms with Gasteiger partial charge in [0.25, 0.3) is 0 Å². The van der Waals surface area contributed by atoms with Crippen LogP contribution in [0.2, 0.25) is 0 Å². The van der Waals surface area contributed by atoms with E-state index in [9.17, 15) is 0 Å². The molecular formula is C16H20BN3O. The number of nitrogens with one attached hydrogen (secondary N) is 1. The average Bonchev–Trinajstić information content (AvgIpc) is 2.91. The Bertz CT molecular complexity index is 657. The molecule has 2 fully saturated rings. The molecule has 0 aliphatic carbocycles. The van der Waals surface area contributed by atoms with Crippen LogP contribution in [0.3, 0.4) is 0 Å². The Balaban J connectivity index is 1.53. The zero-order valence-electron chi connectivity index (χ0n) is 12.4. The molecule has 2 aliphatic rings. The quantitative estimate of drug-likeness (QED) is 0.855. The smallest absolute Gasteiger partial charge is 0.102 e. The van der Waals surface area contributed by atoms with E-state index in [0.29, 0.717) is 19.1 Å². The molecule has 1 N–H and O–H groups in total. The maximum atomic E-state index is 6.34. The first-order valence-corrected chi connectivity index (χ1v) is 7.71. The van der Waals surface area contributed by atoms with Crippen LogP contribution in [-0.2, 0) is 4.74 Å². The summed E-state index contributed by atoms with van der Waals surface area (Å²) in [4.78, 5) is 2.40. The summed E-state index contributed by atoms with van der Waals surface area (Å²) in [5, 5.41) is 8.40. The number of H-pyrrole nitrogens is 1. The minimum absolute atomic E-state index is 0.201. The van der Waals surface area contributed by atoms with Gasteiger partial charge in [0.1, 0.15) is 7.85 Å². The summed E-state index contributed by atoms with van der Waals surface area (Å²) < 4.78 is 5.28. The van der Waals surface area contributed by atoms with E-state index in [1.165, 1.54) is 29.4 Å². The molecule has 2 saturated heterocycles. The Hall–Kier alpha value is -1.33. The van der Waals surface area contributed by atoms with Gasteiger partial charge in [0.15, 0.2) is 0 Å². The van der Waals surface area contributed by atoms with Crippen LogP contribution in [0.5, 0.6) is 0 Å². The van der Waals surface area contributed by atoms with Crippen molar-refractivity contribution in [2.45, 2.75) is 31.1 Å². The standard InChI is InChI=1S/C16H20BN3O/c1-11-6-13-8-18-19-15(13)7-14(11)12-2-4-20(5-3-12)16(17)9-21-10-16/h6-8,12H,2-5,9-10H2,1H3,(H,18,19). The van der Waals surface area contributed by atoms with E-state index in [1.54, 1.807) is 0 Å². The number of hydrogen-bond acceptors (Lipinski definition) is 3. The van der Waals surface area contributed by atoms with E-state index in [1.807, 2.05) is 6.20 Å². The number of rotatable bonds is 2. The largest absolute Gasteiger partial charge is 0.379 e. The predicted molar refractivity (Wildman–Crippen MR) is 83.7 cm³/mol. The van der Waals surface area contributed by atoms with E-state index in [-0.39, 0.29) is 5.44 Å². The number of aromatic amines is 1. The van der Waals surface area contributed by atoms with Gasteiger partial charge in [-0.15, -0.1) is 0 Å². The Labute approximate surface area is 126 Å². The number of piperidine rings is 1. The van der Waals surface area contributed by atoms with Crippen LogP contribution < -0.4 is 0 Å². The first-order chi connectivity index (χ1) is 10.2. The molecule has 0 amide bonds. The lowest BCUT2D eigenvalue weighted by Gasteiger charge is -2.50. The topological polar surface area (TPSA) is 41.2 Å². The van der Waals surface area contributed by atoms with Gasteiger partial charge in [0.05, 0.1) is 24.9 Å². The van der Waals surface area contributed by atoms with Crippen LogP contribution in [0, 0.1) is 6.92 Å². The van der Waals surface area contributed by atoms with Crippen molar-refractivity contribution in [3.63, 3.8) is 0 Å². The number of aryl methyl sites for hydroxylation is 1. The molecule has 21 heavy (non-hydrogen) atoms. The number of nitrogens with zero attached hydrogens (tertiary/aromatic N) is 2. The summed E-state index contributed by atoms with van der Waals surface area (Å²) >= 11 is 0. The molecule has 4 nitrogen and oxygen atoms in total. The van der Waals surface area contributed by atoms with Gasteiger partial charge in [-0.25, -0.2) is 0 Å². The van der Waals surface area contributed by atoms with Crippen LogP contribution >= 0.6 is 0 Å². The van der Waals surface area contributed by atoms with Crippen LogP contribution in [-0.4, -0.2) is 54.7 Å². The SMILES string of the molecule is [B]C1(N2CCC(c3cc4[nH]ncc4cc3C)CC2)COC1. The van der Waals surface area contributed by atoms with Gasteiger partial charge in [-0.3, -0.25) is 5.10 Å². The molecular weight excluding hydrogens is 261 g/mol. The highest BCUT2D eigenvalue weighted by atomic mass is 16.5. The minimum atomic E-state index is -0.201. The second-order valence-electron chi connectivity index (χ2n) is 6.52. The molecule has 5 heteroatoms. The highest BCUT2D eigenvalue weighted by Gasteiger charge is 2.40. The van der Waals surface area contributed by atoms with Crippen molar-refractivity contribution in [3.05, 3.63) is 29.5 Å². The molecule has 0 spiro atoms. The van der Waals surface area contributed by atoms with Crippen molar-refractivity contribution in [2.24, 2.45) is 0 Å². The monoisotopic (exact) mass is 281 g/mol. The van der Waals surface area contributed by atoms with Gasteiger partial charge in [-0.2, -0.15) is 5.10 Å². The Kier molecular flexibility index (Phi) is 3.08.